The zero-order valence-electron chi connectivity index (χ0n) is 13.3. The Morgan fingerprint density at radius 2 is 2.09 bits per heavy atom. The first kappa shape index (κ1) is 16.9. The van der Waals surface area contributed by atoms with Crippen LogP contribution in [0.3, 0.4) is 0 Å². The van der Waals surface area contributed by atoms with E-state index in [0.717, 1.165) is 40.9 Å². The number of hydrogen-bond donors (Lipinski definition) is 2. The van der Waals surface area contributed by atoms with Gasteiger partial charge >= 0.3 is 0 Å². The monoisotopic (exact) mass is 339 g/mol. The molecule has 0 saturated heterocycles. The highest BCUT2D eigenvalue weighted by Gasteiger charge is 2.13. The van der Waals surface area contributed by atoms with E-state index in [9.17, 15) is 4.79 Å². The van der Waals surface area contributed by atoms with E-state index in [1.807, 2.05) is 12.3 Å². The molecular formula is C14H21N5OS2. The van der Waals surface area contributed by atoms with Gasteiger partial charge in [0.05, 0.1) is 16.3 Å². The van der Waals surface area contributed by atoms with Gasteiger partial charge in [0.1, 0.15) is 0 Å². The summed E-state index contributed by atoms with van der Waals surface area (Å²) in [4.78, 5) is 23.2. The molecule has 6 nitrogen and oxygen atoms in total. The Morgan fingerprint density at radius 3 is 2.77 bits per heavy atom. The van der Waals surface area contributed by atoms with E-state index in [1.165, 1.54) is 18.3 Å². The summed E-state index contributed by atoms with van der Waals surface area (Å²) in [5.74, 6) is -0.109. The Balaban J connectivity index is 1.99. The molecule has 0 fully saturated rings. The smallest absolute Gasteiger partial charge is 0.223 e. The number of nitrogens with one attached hydrogen (secondary N) is 2. The molecule has 0 spiro atoms. The quantitative estimate of drug-likeness (QED) is 0.759. The topological polar surface area (TPSA) is 70.2 Å². The number of aryl methyl sites for hydroxylation is 1. The van der Waals surface area contributed by atoms with E-state index in [-0.39, 0.29) is 5.91 Å². The normalized spacial score (nSPS) is 11.0. The van der Waals surface area contributed by atoms with Gasteiger partial charge in [-0.15, -0.1) is 11.3 Å². The van der Waals surface area contributed by atoms with Gasteiger partial charge in [0.2, 0.25) is 5.91 Å². The molecule has 0 saturated carbocycles. The van der Waals surface area contributed by atoms with Gasteiger partial charge in [-0.1, -0.05) is 11.3 Å². The third-order valence-electron chi connectivity index (χ3n) is 2.87. The van der Waals surface area contributed by atoms with E-state index in [4.69, 9.17) is 0 Å². The molecule has 0 radical (unpaired) electrons. The molecule has 2 aromatic rings. The summed E-state index contributed by atoms with van der Waals surface area (Å²) in [6.45, 7) is 5.37. The molecule has 8 heteroatoms. The highest BCUT2D eigenvalue weighted by Crippen LogP contribution is 2.34. The van der Waals surface area contributed by atoms with Crippen molar-refractivity contribution in [3.8, 4) is 10.6 Å². The van der Waals surface area contributed by atoms with Crippen molar-refractivity contribution in [1.29, 1.82) is 0 Å². The van der Waals surface area contributed by atoms with Gasteiger partial charge < -0.3 is 15.5 Å². The van der Waals surface area contributed by atoms with Gasteiger partial charge in [-0.3, -0.25) is 4.79 Å². The van der Waals surface area contributed by atoms with E-state index in [0.29, 0.717) is 5.13 Å². The molecule has 0 bridgehead atoms. The fourth-order valence-corrected chi connectivity index (χ4v) is 3.67. The number of carbonyl (C=O) groups excluding carboxylic acids is 1. The number of thiazole rings is 2. The first-order valence-electron chi connectivity index (χ1n) is 7.05. The summed E-state index contributed by atoms with van der Waals surface area (Å²) in [5, 5.41) is 9.62. The molecule has 2 aromatic heterocycles. The standard InChI is InChI=1S/C14H21N5OS2/c1-9-12(22-14(16-9)17-10(2)20)11-8-21-13(18-11)15-6-5-7-19(3)4/h8H,5-7H2,1-4H3,(H,15,18)(H,16,17,20). The molecule has 22 heavy (non-hydrogen) atoms. The lowest BCUT2D eigenvalue weighted by atomic mass is 10.3. The fraction of sp³-hybridized carbons (Fsp3) is 0.500. The largest absolute Gasteiger partial charge is 0.361 e. The Kier molecular flexibility index (Phi) is 5.87. The summed E-state index contributed by atoms with van der Waals surface area (Å²) in [6.07, 6.45) is 1.08. The highest BCUT2D eigenvalue weighted by molar-refractivity contribution is 7.19. The Hall–Kier alpha value is -1.51. The minimum Gasteiger partial charge on any atom is -0.361 e. The summed E-state index contributed by atoms with van der Waals surface area (Å²) >= 11 is 3.04. The van der Waals surface area contributed by atoms with Gasteiger partial charge in [-0.25, -0.2) is 9.97 Å². The molecule has 120 valence electrons. The Morgan fingerprint density at radius 1 is 1.32 bits per heavy atom. The zero-order valence-corrected chi connectivity index (χ0v) is 14.9. The number of hydrogen-bond acceptors (Lipinski definition) is 7. The van der Waals surface area contributed by atoms with Crippen LogP contribution in [0, 0.1) is 6.92 Å². The van der Waals surface area contributed by atoms with E-state index in [1.54, 1.807) is 11.3 Å². The number of aromatic nitrogens is 2. The van der Waals surface area contributed by atoms with E-state index < -0.39 is 0 Å². The number of rotatable bonds is 7. The molecule has 0 aliphatic rings. The Labute approximate surface area is 138 Å². The molecular weight excluding hydrogens is 318 g/mol. The first-order valence-corrected chi connectivity index (χ1v) is 8.75. The fourth-order valence-electron chi connectivity index (χ4n) is 1.89. The Bertz CT molecular complexity index is 635. The molecule has 2 rings (SSSR count). The predicted octanol–water partition coefficient (Wildman–Crippen LogP) is 2.90. The maximum absolute atomic E-state index is 11.1. The van der Waals surface area contributed by atoms with Gasteiger partial charge in [0, 0.05) is 18.8 Å². The summed E-state index contributed by atoms with van der Waals surface area (Å²) in [7, 11) is 4.14. The number of anilines is 2. The van der Waals surface area contributed by atoms with Crippen molar-refractivity contribution >= 4 is 38.8 Å². The second-order valence-electron chi connectivity index (χ2n) is 5.24. The number of carbonyl (C=O) groups is 1. The van der Waals surface area contributed by atoms with Crippen LogP contribution >= 0.6 is 22.7 Å². The lowest BCUT2D eigenvalue weighted by Gasteiger charge is -2.08. The van der Waals surface area contributed by atoms with Crippen molar-refractivity contribution in [2.24, 2.45) is 0 Å². The van der Waals surface area contributed by atoms with Gasteiger partial charge in [-0.2, -0.15) is 0 Å². The SMILES string of the molecule is CC(=O)Nc1nc(C)c(-c2csc(NCCCN(C)C)n2)s1. The molecule has 0 aliphatic carbocycles. The second kappa shape index (κ2) is 7.66. The summed E-state index contributed by atoms with van der Waals surface area (Å²) < 4.78 is 0. The van der Waals surface area contributed by atoms with Crippen LogP contribution in [0.5, 0.6) is 0 Å². The zero-order chi connectivity index (χ0) is 16.1. The average Bonchev–Trinajstić information content (AvgIpc) is 3.00. The predicted molar refractivity (Wildman–Crippen MR) is 93.9 cm³/mol. The van der Waals surface area contributed by atoms with Crippen molar-refractivity contribution in [3.63, 3.8) is 0 Å². The van der Waals surface area contributed by atoms with Crippen LogP contribution in [0.1, 0.15) is 19.0 Å². The maximum Gasteiger partial charge on any atom is 0.223 e. The van der Waals surface area contributed by atoms with Crippen LogP contribution in [0.25, 0.3) is 10.6 Å². The van der Waals surface area contributed by atoms with Crippen LogP contribution in [0.2, 0.25) is 0 Å². The third kappa shape index (κ3) is 4.75. The molecule has 2 N–H and O–H groups in total. The van der Waals surface area contributed by atoms with E-state index >= 15 is 0 Å². The van der Waals surface area contributed by atoms with Crippen LogP contribution in [-0.4, -0.2) is 48.0 Å². The van der Waals surface area contributed by atoms with E-state index in [2.05, 4.69) is 39.6 Å². The third-order valence-corrected chi connectivity index (χ3v) is 4.77. The molecule has 0 aromatic carbocycles. The summed E-state index contributed by atoms with van der Waals surface area (Å²) in [6, 6.07) is 0. The first-order chi connectivity index (χ1) is 10.5. The molecule has 0 atom stereocenters. The van der Waals surface area contributed by atoms with Crippen LogP contribution in [0.4, 0.5) is 10.3 Å². The number of amides is 1. The van der Waals surface area contributed by atoms with Gasteiger partial charge in [-0.05, 0) is 34.0 Å². The van der Waals surface area contributed by atoms with Crippen LogP contribution in [0.15, 0.2) is 5.38 Å². The lowest BCUT2D eigenvalue weighted by molar-refractivity contribution is -0.114. The van der Waals surface area contributed by atoms with Crippen molar-refractivity contribution in [2.75, 3.05) is 37.8 Å². The minimum atomic E-state index is -0.109. The van der Waals surface area contributed by atoms with Crippen molar-refractivity contribution < 1.29 is 4.79 Å². The lowest BCUT2D eigenvalue weighted by Crippen LogP contribution is -2.16. The molecule has 0 aliphatic heterocycles. The molecule has 1 amide bonds. The van der Waals surface area contributed by atoms with Crippen molar-refractivity contribution in [1.82, 2.24) is 14.9 Å². The number of nitrogens with zero attached hydrogens (tertiary/aromatic N) is 3. The average molecular weight is 339 g/mol. The van der Waals surface area contributed by atoms with Crippen molar-refractivity contribution in [2.45, 2.75) is 20.3 Å². The molecule has 2 heterocycles. The minimum absolute atomic E-state index is 0.109. The van der Waals surface area contributed by atoms with Crippen LogP contribution in [-0.2, 0) is 4.79 Å². The summed E-state index contributed by atoms with van der Waals surface area (Å²) in [5.41, 5.74) is 1.80. The highest BCUT2D eigenvalue weighted by atomic mass is 32.1. The molecule has 0 unspecified atom stereocenters. The van der Waals surface area contributed by atoms with Gasteiger partial charge in [0.25, 0.3) is 0 Å². The maximum atomic E-state index is 11.1. The second-order valence-corrected chi connectivity index (χ2v) is 7.09. The van der Waals surface area contributed by atoms with Crippen LogP contribution < -0.4 is 10.6 Å². The van der Waals surface area contributed by atoms with Crippen molar-refractivity contribution in [3.05, 3.63) is 11.1 Å². The van der Waals surface area contributed by atoms with Gasteiger partial charge in [0.15, 0.2) is 10.3 Å².